The van der Waals surface area contributed by atoms with Crippen LogP contribution >= 0.6 is 0 Å². The molecule has 2 N–H and O–H groups in total. The smallest absolute Gasteiger partial charge is 0.243 e. The first-order chi connectivity index (χ1) is 9.78. The number of ether oxygens (including phenoxy) is 1. The molecular formula is C16H29N3O2. The summed E-state index contributed by atoms with van der Waals surface area (Å²) < 4.78 is 11.2. The molecule has 5 nitrogen and oxygen atoms in total. The van der Waals surface area contributed by atoms with Crippen LogP contribution in [0.3, 0.4) is 0 Å². The highest BCUT2D eigenvalue weighted by atomic mass is 16.5. The van der Waals surface area contributed by atoms with Gasteiger partial charge in [0.15, 0.2) is 0 Å². The van der Waals surface area contributed by atoms with E-state index in [9.17, 15) is 0 Å². The topological polar surface area (TPSA) is 74.2 Å². The van der Waals surface area contributed by atoms with Crippen molar-refractivity contribution in [3.05, 3.63) is 11.7 Å². The molecule has 21 heavy (non-hydrogen) atoms. The zero-order chi connectivity index (χ0) is 15.7. The molecule has 0 amide bonds. The maximum Gasteiger partial charge on any atom is 0.243 e. The van der Waals surface area contributed by atoms with Crippen LogP contribution in [0.2, 0.25) is 0 Å². The lowest BCUT2D eigenvalue weighted by Gasteiger charge is -2.40. The van der Waals surface area contributed by atoms with Crippen molar-refractivity contribution >= 4 is 0 Å². The van der Waals surface area contributed by atoms with Gasteiger partial charge in [0.2, 0.25) is 11.7 Å². The number of hydrogen-bond acceptors (Lipinski definition) is 5. The Morgan fingerprint density at radius 1 is 1.24 bits per heavy atom. The van der Waals surface area contributed by atoms with Crippen molar-refractivity contribution in [3.8, 4) is 0 Å². The summed E-state index contributed by atoms with van der Waals surface area (Å²) >= 11 is 0. The molecule has 1 aliphatic carbocycles. The van der Waals surface area contributed by atoms with Gasteiger partial charge in [-0.15, -0.1) is 0 Å². The molecule has 0 aliphatic heterocycles. The van der Waals surface area contributed by atoms with E-state index in [0.717, 1.165) is 32.1 Å². The second-order valence-electron chi connectivity index (χ2n) is 7.55. The minimum atomic E-state index is -0.408. The lowest BCUT2D eigenvalue weighted by molar-refractivity contribution is -0.0740. The largest absolute Gasteiger partial charge is 0.370 e. The van der Waals surface area contributed by atoms with Crippen LogP contribution < -0.4 is 5.73 Å². The quantitative estimate of drug-likeness (QED) is 0.899. The van der Waals surface area contributed by atoms with E-state index in [0.29, 0.717) is 23.0 Å². The van der Waals surface area contributed by atoms with E-state index < -0.39 is 5.60 Å². The van der Waals surface area contributed by atoms with E-state index in [1.54, 1.807) is 7.11 Å². The number of rotatable bonds is 5. The van der Waals surface area contributed by atoms with E-state index in [-0.39, 0.29) is 6.04 Å². The predicted molar refractivity (Wildman–Crippen MR) is 81.6 cm³/mol. The van der Waals surface area contributed by atoms with Gasteiger partial charge in [-0.05, 0) is 43.4 Å². The Balaban J connectivity index is 2.15. The SMILES string of the molecule is COC1(c2noc([C@@H](N)CC(C)C)n2)CCC(C)(C)CC1. The standard InChI is InChI=1S/C16H29N3O2/c1-11(2)10-12(17)13-18-14(19-21-13)16(20-5)8-6-15(3,4)7-9-16/h11-12H,6-10,17H2,1-5H3/t12-/m0/s1. The number of methoxy groups -OCH3 is 1. The average molecular weight is 295 g/mol. The number of hydrogen-bond donors (Lipinski definition) is 1. The molecule has 0 radical (unpaired) electrons. The first-order valence-corrected chi connectivity index (χ1v) is 7.93. The Kier molecular flexibility index (Phi) is 4.73. The first-order valence-electron chi connectivity index (χ1n) is 7.93. The van der Waals surface area contributed by atoms with Crippen LogP contribution in [-0.2, 0) is 10.3 Å². The van der Waals surface area contributed by atoms with Gasteiger partial charge in [-0.2, -0.15) is 4.98 Å². The Morgan fingerprint density at radius 2 is 1.86 bits per heavy atom. The van der Waals surface area contributed by atoms with Gasteiger partial charge in [0.1, 0.15) is 5.60 Å². The fourth-order valence-electron chi connectivity index (χ4n) is 3.03. The average Bonchev–Trinajstić information content (AvgIpc) is 2.89. The van der Waals surface area contributed by atoms with Crippen molar-refractivity contribution in [1.82, 2.24) is 10.1 Å². The monoisotopic (exact) mass is 295 g/mol. The van der Waals surface area contributed by atoms with Crippen molar-refractivity contribution in [3.63, 3.8) is 0 Å². The summed E-state index contributed by atoms with van der Waals surface area (Å²) in [4.78, 5) is 4.55. The highest BCUT2D eigenvalue weighted by Crippen LogP contribution is 2.46. The highest BCUT2D eigenvalue weighted by molar-refractivity contribution is 5.06. The molecule has 1 fully saturated rings. The zero-order valence-corrected chi connectivity index (χ0v) is 14.0. The molecule has 2 rings (SSSR count). The lowest BCUT2D eigenvalue weighted by atomic mass is 9.70. The molecule has 1 heterocycles. The van der Waals surface area contributed by atoms with Crippen molar-refractivity contribution in [2.75, 3.05) is 7.11 Å². The maximum absolute atomic E-state index is 6.13. The van der Waals surface area contributed by atoms with Crippen molar-refractivity contribution in [2.45, 2.75) is 71.4 Å². The minimum absolute atomic E-state index is 0.194. The van der Waals surface area contributed by atoms with Gasteiger partial charge in [-0.3, -0.25) is 0 Å². The van der Waals surface area contributed by atoms with E-state index in [1.807, 2.05) is 0 Å². The first kappa shape index (κ1) is 16.4. The molecule has 1 atom stereocenters. The molecule has 0 spiro atoms. The molecule has 0 saturated heterocycles. The number of aromatic nitrogens is 2. The Bertz CT molecular complexity index is 458. The van der Waals surface area contributed by atoms with Crippen molar-refractivity contribution < 1.29 is 9.26 Å². The Hall–Kier alpha value is -0.940. The van der Waals surface area contributed by atoms with Crippen molar-refractivity contribution in [1.29, 1.82) is 0 Å². The summed E-state index contributed by atoms with van der Waals surface area (Å²) in [5.74, 6) is 1.69. The summed E-state index contributed by atoms with van der Waals surface area (Å²) in [7, 11) is 1.74. The van der Waals surface area contributed by atoms with Gasteiger partial charge in [0, 0.05) is 7.11 Å². The summed E-state index contributed by atoms with van der Waals surface area (Å²) in [5.41, 5.74) is 6.09. The van der Waals surface area contributed by atoms with Crippen LogP contribution in [0.4, 0.5) is 0 Å². The molecule has 0 unspecified atom stereocenters. The third-order valence-corrected chi connectivity index (χ3v) is 4.69. The summed E-state index contributed by atoms with van der Waals surface area (Å²) in [5, 5.41) is 4.17. The zero-order valence-electron chi connectivity index (χ0n) is 14.0. The maximum atomic E-state index is 6.13. The van der Waals surface area contributed by atoms with Crippen LogP contribution in [0, 0.1) is 11.3 Å². The van der Waals surface area contributed by atoms with Crippen molar-refractivity contribution in [2.24, 2.45) is 17.1 Å². The fraction of sp³-hybridized carbons (Fsp3) is 0.875. The van der Waals surface area contributed by atoms with Crippen LogP contribution in [0.5, 0.6) is 0 Å². The van der Waals surface area contributed by atoms with Crippen LogP contribution in [0.1, 0.15) is 77.6 Å². The van der Waals surface area contributed by atoms with Crippen LogP contribution in [-0.4, -0.2) is 17.3 Å². The molecule has 1 aromatic rings. The minimum Gasteiger partial charge on any atom is -0.370 e. The van der Waals surface area contributed by atoms with Crippen LogP contribution in [0.25, 0.3) is 0 Å². The van der Waals surface area contributed by atoms with Gasteiger partial charge in [-0.1, -0.05) is 32.9 Å². The molecule has 0 aromatic carbocycles. The molecular weight excluding hydrogens is 266 g/mol. The summed E-state index contributed by atoms with van der Waals surface area (Å²) in [6.07, 6.45) is 4.89. The van der Waals surface area contributed by atoms with E-state index in [1.165, 1.54) is 0 Å². The summed E-state index contributed by atoms with van der Waals surface area (Å²) in [6.45, 7) is 8.87. The van der Waals surface area contributed by atoms with Gasteiger partial charge in [-0.25, -0.2) is 0 Å². The molecule has 0 bridgehead atoms. The molecule has 1 aliphatic rings. The van der Waals surface area contributed by atoms with E-state index in [4.69, 9.17) is 15.0 Å². The predicted octanol–water partition coefficient (Wildman–Crippen LogP) is 3.56. The normalized spacial score (nSPS) is 22.4. The second kappa shape index (κ2) is 6.05. The molecule has 1 aromatic heterocycles. The lowest BCUT2D eigenvalue weighted by Crippen LogP contribution is -2.37. The second-order valence-corrected chi connectivity index (χ2v) is 7.55. The van der Waals surface area contributed by atoms with Crippen LogP contribution in [0.15, 0.2) is 4.52 Å². The number of nitrogens with zero attached hydrogens (tertiary/aromatic N) is 2. The van der Waals surface area contributed by atoms with E-state index in [2.05, 4.69) is 37.8 Å². The van der Waals surface area contributed by atoms with Gasteiger partial charge >= 0.3 is 0 Å². The van der Waals surface area contributed by atoms with Gasteiger partial charge in [0.25, 0.3) is 0 Å². The number of nitrogens with two attached hydrogens (primary N) is 1. The third kappa shape index (κ3) is 3.64. The fourth-order valence-corrected chi connectivity index (χ4v) is 3.03. The third-order valence-electron chi connectivity index (χ3n) is 4.69. The Morgan fingerprint density at radius 3 is 2.38 bits per heavy atom. The molecule has 1 saturated carbocycles. The molecule has 120 valence electrons. The Labute approximate surface area is 127 Å². The van der Waals surface area contributed by atoms with Gasteiger partial charge < -0.3 is 15.0 Å². The highest BCUT2D eigenvalue weighted by Gasteiger charge is 2.43. The van der Waals surface area contributed by atoms with E-state index >= 15 is 0 Å². The van der Waals surface area contributed by atoms with Gasteiger partial charge in [0.05, 0.1) is 6.04 Å². The molecule has 5 heteroatoms. The summed E-state index contributed by atoms with van der Waals surface area (Å²) in [6, 6.07) is -0.194.